The van der Waals surface area contributed by atoms with Crippen LogP contribution >= 0.6 is 11.6 Å². The number of sulfonamides is 1. The van der Waals surface area contributed by atoms with Crippen LogP contribution in [0.15, 0.2) is 42.5 Å². The van der Waals surface area contributed by atoms with Gasteiger partial charge in [-0.05, 0) is 56.4 Å². The molecule has 1 atom stereocenters. The van der Waals surface area contributed by atoms with E-state index >= 15 is 0 Å². The highest BCUT2D eigenvalue weighted by Crippen LogP contribution is 2.27. The first-order valence-electron chi connectivity index (χ1n) is 12.4. The average Bonchev–Trinajstić information content (AvgIpc) is 3.31. The standard InChI is InChI=1S/C27H36ClN3O4S/c1-5-24(27(33)29-23-11-6-7-12-23)30(17-21-10-8-9-19(2)15-21)26(32)18-31(36(4,34)35)25-16-22(28)14-13-20(25)3/h8-10,13-16,23-24H,5-7,11-12,17-18H2,1-4H3,(H,29,33)/t24-/m1/s1. The molecule has 0 heterocycles. The van der Waals surface area contributed by atoms with Crippen molar-refractivity contribution < 1.29 is 18.0 Å². The van der Waals surface area contributed by atoms with Gasteiger partial charge in [0.25, 0.3) is 0 Å². The van der Waals surface area contributed by atoms with Gasteiger partial charge < -0.3 is 10.2 Å². The van der Waals surface area contributed by atoms with Crippen LogP contribution in [0.1, 0.15) is 55.7 Å². The number of carbonyl (C=O) groups is 2. The molecule has 196 valence electrons. The molecule has 0 saturated heterocycles. The normalized spacial score (nSPS) is 14.9. The van der Waals surface area contributed by atoms with Gasteiger partial charge in [0.15, 0.2) is 0 Å². The molecular formula is C27H36ClN3O4S. The smallest absolute Gasteiger partial charge is 0.244 e. The van der Waals surface area contributed by atoms with Crippen molar-refractivity contribution in [3.63, 3.8) is 0 Å². The Morgan fingerprint density at radius 3 is 2.42 bits per heavy atom. The van der Waals surface area contributed by atoms with Gasteiger partial charge in [-0.25, -0.2) is 8.42 Å². The fourth-order valence-electron chi connectivity index (χ4n) is 4.74. The molecule has 0 radical (unpaired) electrons. The van der Waals surface area contributed by atoms with Crippen molar-refractivity contribution in [2.45, 2.75) is 71.5 Å². The summed E-state index contributed by atoms with van der Waals surface area (Å²) in [6.07, 6.45) is 5.50. The highest BCUT2D eigenvalue weighted by molar-refractivity contribution is 7.92. The topological polar surface area (TPSA) is 86.8 Å². The van der Waals surface area contributed by atoms with Crippen molar-refractivity contribution in [2.24, 2.45) is 0 Å². The van der Waals surface area contributed by atoms with Crippen molar-refractivity contribution in [1.82, 2.24) is 10.2 Å². The number of carbonyl (C=O) groups excluding carboxylic acids is 2. The Balaban J connectivity index is 1.95. The van der Waals surface area contributed by atoms with Gasteiger partial charge in [-0.3, -0.25) is 13.9 Å². The maximum Gasteiger partial charge on any atom is 0.244 e. The second-order valence-electron chi connectivity index (χ2n) is 9.63. The van der Waals surface area contributed by atoms with E-state index in [1.807, 2.05) is 38.1 Å². The number of nitrogens with zero attached hydrogens (tertiary/aromatic N) is 2. The van der Waals surface area contributed by atoms with E-state index in [4.69, 9.17) is 11.6 Å². The maximum absolute atomic E-state index is 13.8. The quantitative estimate of drug-likeness (QED) is 0.484. The van der Waals surface area contributed by atoms with Gasteiger partial charge in [-0.2, -0.15) is 0 Å². The molecule has 0 aromatic heterocycles. The molecule has 2 aromatic carbocycles. The van der Waals surface area contributed by atoms with Crippen LogP contribution in [0.3, 0.4) is 0 Å². The summed E-state index contributed by atoms with van der Waals surface area (Å²) in [5.41, 5.74) is 2.93. The number of halogens is 1. The summed E-state index contributed by atoms with van der Waals surface area (Å²) in [4.78, 5) is 28.6. The van der Waals surface area contributed by atoms with Crippen LogP contribution in [0.25, 0.3) is 0 Å². The number of rotatable bonds is 10. The Kier molecular flexibility index (Phi) is 9.41. The van der Waals surface area contributed by atoms with E-state index in [0.717, 1.165) is 47.4 Å². The van der Waals surface area contributed by atoms with E-state index in [1.165, 1.54) is 4.90 Å². The largest absolute Gasteiger partial charge is 0.352 e. The molecule has 1 aliphatic carbocycles. The number of amides is 2. The molecule has 3 rings (SSSR count). The van der Waals surface area contributed by atoms with Crippen LogP contribution in [-0.2, 0) is 26.2 Å². The zero-order valence-electron chi connectivity index (χ0n) is 21.5. The predicted molar refractivity (Wildman–Crippen MR) is 145 cm³/mol. The first-order valence-corrected chi connectivity index (χ1v) is 14.6. The average molecular weight is 534 g/mol. The third kappa shape index (κ3) is 7.23. The van der Waals surface area contributed by atoms with E-state index in [-0.39, 0.29) is 18.5 Å². The third-order valence-electron chi connectivity index (χ3n) is 6.64. The molecule has 0 spiro atoms. The number of nitrogens with one attached hydrogen (secondary N) is 1. The summed E-state index contributed by atoms with van der Waals surface area (Å²) in [6, 6.07) is 12.1. The minimum Gasteiger partial charge on any atom is -0.352 e. The Hall–Kier alpha value is -2.58. The van der Waals surface area contributed by atoms with Gasteiger partial charge in [-0.1, -0.05) is 67.3 Å². The van der Waals surface area contributed by atoms with Crippen molar-refractivity contribution in [3.8, 4) is 0 Å². The monoisotopic (exact) mass is 533 g/mol. The van der Waals surface area contributed by atoms with Crippen LogP contribution in [0.5, 0.6) is 0 Å². The highest BCUT2D eigenvalue weighted by atomic mass is 35.5. The Bertz CT molecular complexity index is 1200. The second-order valence-corrected chi connectivity index (χ2v) is 12.0. The second kappa shape index (κ2) is 12.1. The van der Waals surface area contributed by atoms with E-state index in [9.17, 15) is 18.0 Å². The fraction of sp³-hybridized carbons (Fsp3) is 0.481. The van der Waals surface area contributed by atoms with Crippen LogP contribution in [0, 0.1) is 13.8 Å². The maximum atomic E-state index is 13.8. The van der Waals surface area contributed by atoms with Crippen molar-refractivity contribution in [3.05, 3.63) is 64.2 Å². The number of aryl methyl sites for hydroxylation is 2. The van der Waals surface area contributed by atoms with Crippen LogP contribution < -0.4 is 9.62 Å². The molecule has 2 aromatic rings. The minimum absolute atomic E-state index is 0.115. The Labute approximate surface area is 219 Å². The van der Waals surface area contributed by atoms with Crippen LogP contribution in [0.2, 0.25) is 5.02 Å². The van der Waals surface area contributed by atoms with Crippen LogP contribution in [-0.4, -0.2) is 50.0 Å². The van der Waals surface area contributed by atoms with Crippen LogP contribution in [0.4, 0.5) is 5.69 Å². The van der Waals surface area contributed by atoms with Gasteiger partial charge in [0, 0.05) is 17.6 Å². The Morgan fingerprint density at radius 1 is 1.11 bits per heavy atom. The summed E-state index contributed by atoms with van der Waals surface area (Å²) in [5, 5.41) is 3.48. The molecule has 0 unspecified atom stereocenters. The van der Waals surface area contributed by atoms with Gasteiger partial charge >= 0.3 is 0 Å². The summed E-state index contributed by atoms with van der Waals surface area (Å²) in [5.74, 6) is -0.648. The lowest BCUT2D eigenvalue weighted by Crippen LogP contribution is -2.53. The molecule has 1 aliphatic rings. The molecule has 7 nitrogen and oxygen atoms in total. The fourth-order valence-corrected chi connectivity index (χ4v) is 5.81. The molecule has 1 N–H and O–H groups in total. The molecule has 2 amide bonds. The zero-order valence-corrected chi connectivity index (χ0v) is 23.0. The van der Waals surface area contributed by atoms with Gasteiger partial charge in [0.2, 0.25) is 21.8 Å². The number of hydrogen-bond acceptors (Lipinski definition) is 4. The first-order chi connectivity index (χ1) is 17.0. The molecule has 1 fully saturated rings. The van der Waals surface area contributed by atoms with Crippen molar-refractivity contribution >= 4 is 39.1 Å². The van der Waals surface area contributed by atoms with E-state index in [0.29, 0.717) is 22.7 Å². The summed E-state index contributed by atoms with van der Waals surface area (Å²) in [7, 11) is -3.81. The molecule has 9 heteroatoms. The molecular weight excluding hydrogens is 498 g/mol. The zero-order chi connectivity index (χ0) is 26.5. The van der Waals surface area contributed by atoms with E-state index in [2.05, 4.69) is 5.32 Å². The van der Waals surface area contributed by atoms with Gasteiger partial charge in [-0.15, -0.1) is 0 Å². The molecule has 0 aliphatic heterocycles. The van der Waals surface area contributed by atoms with Crippen molar-refractivity contribution in [2.75, 3.05) is 17.1 Å². The lowest BCUT2D eigenvalue weighted by molar-refractivity contribution is -0.140. The van der Waals surface area contributed by atoms with E-state index < -0.39 is 28.5 Å². The van der Waals surface area contributed by atoms with E-state index in [1.54, 1.807) is 25.1 Å². The molecule has 0 bridgehead atoms. The minimum atomic E-state index is -3.81. The Morgan fingerprint density at radius 2 is 1.81 bits per heavy atom. The highest BCUT2D eigenvalue weighted by Gasteiger charge is 2.33. The summed E-state index contributed by atoms with van der Waals surface area (Å²) in [6.45, 7) is 5.36. The predicted octanol–water partition coefficient (Wildman–Crippen LogP) is 4.59. The summed E-state index contributed by atoms with van der Waals surface area (Å²) < 4.78 is 26.7. The van der Waals surface area contributed by atoms with Crippen molar-refractivity contribution in [1.29, 1.82) is 0 Å². The molecule has 36 heavy (non-hydrogen) atoms. The first kappa shape index (κ1) is 28.0. The van der Waals surface area contributed by atoms with Gasteiger partial charge in [0.05, 0.1) is 11.9 Å². The third-order valence-corrected chi connectivity index (χ3v) is 8.00. The summed E-state index contributed by atoms with van der Waals surface area (Å²) >= 11 is 6.16. The SMILES string of the molecule is CC[C@H](C(=O)NC1CCCC1)N(Cc1cccc(C)c1)C(=O)CN(c1cc(Cl)ccc1C)S(C)(=O)=O. The molecule has 1 saturated carbocycles. The van der Waals surface area contributed by atoms with Gasteiger partial charge in [0.1, 0.15) is 12.6 Å². The lowest BCUT2D eigenvalue weighted by atomic mass is 10.1. The number of anilines is 1. The lowest BCUT2D eigenvalue weighted by Gasteiger charge is -2.33. The number of benzene rings is 2. The number of hydrogen-bond donors (Lipinski definition) is 1.